The number of nitrogens with two attached hydrogens (primary N) is 1. The van der Waals surface area contributed by atoms with Gasteiger partial charge in [-0.3, -0.25) is 9.59 Å². The van der Waals surface area contributed by atoms with Gasteiger partial charge in [-0.2, -0.15) is 0 Å². The number of rotatable bonds is 4. The van der Waals surface area contributed by atoms with Crippen LogP contribution in [0.2, 0.25) is 0 Å². The van der Waals surface area contributed by atoms with Crippen molar-refractivity contribution in [3.05, 3.63) is 40.6 Å². The molecule has 0 saturated carbocycles. The predicted molar refractivity (Wildman–Crippen MR) is 88.1 cm³/mol. The molecule has 0 radical (unpaired) electrons. The fourth-order valence-electron chi connectivity index (χ4n) is 1.89. The van der Waals surface area contributed by atoms with E-state index in [4.69, 9.17) is 10.6 Å². The zero-order valence-corrected chi connectivity index (χ0v) is 14.1. The maximum atomic E-state index is 11.3. The zero-order chi connectivity index (χ0) is 16.4. The van der Waals surface area contributed by atoms with Crippen molar-refractivity contribution in [1.29, 1.82) is 0 Å². The average molecular weight is 395 g/mol. The lowest BCUT2D eigenvalue weighted by atomic mass is 10.2. The number of benzene rings is 1. The topological polar surface area (TPSA) is 100 Å². The summed E-state index contributed by atoms with van der Waals surface area (Å²) in [6.07, 6.45) is 1.20. The van der Waals surface area contributed by atoms with Gasteiger partial charge in [-0.05, 0) is 12.1 Å². The van der Waals surface area contributed by atoms with Gasteiger partial charge in [0.05, 0.1) is 5.75 Å². The summed E-state index contributed by atoms with van der Waals surface area (Å²) in [5.41, 5.74) is 0.837. The van der Waals surface area contributed by atoms with Crippen LogP contribution in [0.4, 0.5) is 0 Å². The molecule has 3 rings (SSSR count). The largest absolute Gasteiger partial charge is 0.489 e. The van der Waals surface area contributed by atoms with E-state index in [-0.39, 0.29) is 6.61 Å². The van der Waals surface area contributed by atoms with Gasteiger partial charge in [0, 0.05) is 16.1 Å². The van der Waals surface area contributed by atoms with Crippen molar-refractivity contribution in [2.24, 2.45) is 0 Å². The Morgan fingerprint density at radius 3 is 2.70 bits per heavy atom. The predicted octanol–water partition coefficient (Wildman–Crippen LogP) is 1.57. The Morgan fingerprint density at radius 1 is 1.26 bits per heavy atom. The minimum absolute atomic E-state index is 0.218. The molecule has 1 aliphatic rings. The third kappa shape index (κ3) is 3.45. The minimum Gasteiger partial charge on any atom is -0.489 e. The third-order valence-corrected chi connectivity index (χ3v) is 4.56. The quantitative estimate of drug-likeness (QED) is 0.477. The number of nitrogens with zero attached hydrogens (tertiary/aromatic N) is 3. The highest BCUT2D eigenvalue weighted by Gasteiger charge is 2.21. The fraction of sp³-hybridized carbons (Fsp3) is 0.143. The van der Waals surface area contributed by atoms with Crippen LogP contribution in [0.3, 0.4) is 0 Å². The Morgan fingerprint density at radius 2 is 2.00 bits per heavy atom. The summed E-state index contributed by atoms with van der Waals surface area (Å²) in [7, 11) is 0. The van der Waals surface area contributed by atoms with Crippen molar-refractivity contribution in [3.8, 4) is 11.4 Å². The third-order valence-electron chi connectivity index (χ3n) is 3.07. The molecule has 0 fully saturated rings. The Kier molecular flexibility index (Phi) is 4.49. The van der Waals surface area contributed by atoms with E-state index in [0.717, 1.165) is 10.0 Å². The van der Waals surface area contributed by atoms with Crippen molar-refractivity contribution < 1.29 is 14.3 Å². The van der Waals surface area contributed by atoms with Crippen LogP contribution in [0.1, 0.15) is 0 Å². The Bertz CT molecular complexity index is 801. The Balaban J connectivity index is 1.73. The van der Waals surface area contributed by atoms with Crippen LogP contribution in [0, 0.1) is 0 Å². The number of aromatic nitrogens is 3. The van der Waals surface area contributed by atoms with Crippen molar-refractivity contribution in [1.82, 2.24) is 14.9 Å². The number of allylic oxidation sites excluding steroid dienone is 1. The van der Waals surface area contributed by atoms with Gasteiger partial charge in [0.2, 0.25) is 16.7 Å². The van der Waals surface area contributed by atoms with Crippen molar-refractivity contribution in [3.63, 3.8) is 0 Å². The number of carbonyl (C=O) groups is 2. The molecule has 0 unspecified atom stereocenters. The van der Waals surface area contributed by atoms with E-state index in [1.807, 2.05) is 24.3 Å². The normalized spacial score (nSPS) is 14.6. The molecule has 0 bridgehead atoms. The monoisotopic (exact) mass is 394 g/mol. The number of carbonyl (C=O) groups excluding carboxylic acids is 2. The van der Waals surface area contributed by atoms with Crippen molar-refractivity contribution in [2.45, 2.75) is 5.16 Å². The maximum Gasteiger partial charge on any atom is 0.240 e. The second-order valence-corrected chi connectivity index (χ2v) is 6.52. The van der Waals surface area contributed by atoms with E-state index in [1.165, 1.54) is 22.5 Å². The molecule has 9 heteroatoms. The van der Waals surface area contributed by atoms with Gasteiger partial charge in [0.25, 0.3) is 0 Å². The molecule has 1 aliphatic heterocycles. The molecule has 1 aromatic carbocycles. The average Bonchev–Trinajstić information content (AvgIpc) is 2.90. The number of nitrogen functional groups attached to an aromatic ring is 1. The van der Waals surface area contributed by atoms with E-state index >= 15 is 0 Å². The van der Waals surface area contributed by atoms with E-state index < -0.39 is 11.6 Å². The molecule has 0 atom stereocenters. The molecule has 0 aliphatic carbocycles. The van der Waals surface area contributed by atoms with Crippen LogP contribution in [0.5, 0.6) is 0 Å². The summed E-state index contributed by atoms with van der Waals surface area (Å²) >= 11 is 4.64. The SMILES string of the molecule is Nn1c(SCC2=CC(=O)C(=O)CO2)nnc1-c1ccc(Br)cc1. The summed E-state index contributed by atoms with van der Waals surface area (Å²) in [6.45, 7) is -0.218. The first-order valence-corrected chi connectivity index (χ1v) is 8.32. The van der Waals surface area contributed by atoms with E-state index in [0.29, 0.717) is 22.5 Å². The van der Waals surface area contributed by atoms with Crippen LogP contribution in [-0.4, -0.2) is 38.8 Å². The van der Waals surface area contributed by atoms with Gasteiger partial charge in [-0.15, -0.1) is 10.2 Å². The lowest BCUT2D eigenvalue weighted by molar-refractivity contribution is -0.137. The standard InChI is InChI=1S/C14H11BrN4O3S/c15-9-3-1-8(2-4-9)13-17-18-14(19(13)16)23-7-10-5-11(20)12(21)6-22-10/h1-5H,6-7,16H2. The number of ketones is 2. The van der Waals surface area contributed by atoms with E-state index in [1.54, 1.807) is 0 Å². The molecule has 23 heavy (non-hydrogen) atoms. The summed E-state index contributed by atoms with van der Waals surface area (Å²) in [4.78, 5) is 22.4. The van der Waals surface area contributed by atoms with Gasteiger partial charge in [-0.1, -0.05) is 39.8 Å². The number of hydrogen-bond acceptors (Lipinski definition) is 7. The first kappa shape index (κ1) is 15.8. The highest BCUT2D eigenvalue weighted by Crippen LogP contribution is 2.24. The zero-order valence-electron chi connectivity index (χ0n) is 11.7. The van der Waals surface area contributed by atoms with Crippen molar-refractivity contribution in [2.75, 3.05) is 18.2 Å². The highest BCUT2D eigenvalue weighted by molar-refractivity contribution is 9.10. The highest BCUT2D eigenvalue weighted by atomic mass is 79.9. The molecule has 2 N–H and O–H groups in total. The molecule has 2 heterocycles. The van der Waals surface area contributed by atoms with Crippen LogP contribution >= 0.6 is 27.7 Å². The molecule has 2 aromatic rings. The molecule has 0 spiro atoms. The van der Waals surface area contributed by atoms with E-state index in [9.17, 15) is 9.59 Å². The number of ether oxygens (including phenoxy) is 1. The Labute approximate surface area is 144 Å². The number of halogens is 1. The maximum absolute atomic E-state index is 11.3. The van der Waals surface area contributed by atoms with Crippen LogP contribution in [-0.2, 0) is 14.3 Å². The van der Waals surface area contributed by atoms with Gasteiger partial charge >= 0.3 is 0 Å². The molecule has 118 valence electrons. The number of Topliss-reactive ketones (excluding diaryl/α,β-unsaturated/α-hetero) is 1. The molecule has 0 saturated heterocycles. The smallest absolute Gasteiger partial charge is 0.240 e. The van der Waals surface area contributed by atoms with Crippen LogP contribution < -0.4 is 5.84 Å². The second-order valence-electron chi connectivity index (χ2n) is 4.66. The number of thioether (sulfide) groups is 1. The summed E-state index contributed by atoms with van der Waals surface area (Å²) in [6, 6.07) is 7.53. The van der Waals surface area contributed by atoms with Gasteiger partial charge < -0.3 is 10.6 Å². The summed E-state index contributed by atoms with van der Waals surface area (Å²) in [5, 5.41) is 8.60. The van der Waals surface area contributed by atoms with E-state index in [2.05, 4.69) is 26.1 Å². The molecule has 7 nitrogen and oxygen atoms in total. The fourth-order valence-corrected chi connectivity index (χ4v) is 2.91. The molecule has 1 aromatic heterocycles. The minimum atomic E-state index is -0.545. The molecule has 0 amide bonds. The second kappa shape index (κ2) is 6.55. The van der Waals surface area contributed by atoms with Gasteiger partial charge in [0.1, 0.15) is 5.76 Å². The van der Waals surface area contributed by atoms with Crippen molar-refractivity contribution >= 4 is 39.3 Å². The first-order valence-electron chi connectivity index (χ1n) is 6.54. The van der Waals surface area contributed by atoms with Gasteiger partial charge in [-0.25, -0.2) is 4.68 Å². The summed E-state index contributed by atoms with van der Waals surface area (Å²) < 4.78 is 7.53. The van der Waals surface area contributed by atoms with Gasteiger partial charge in [0.15, 0.2) is 12.4 Å². The summed E-state index contributed by atoms with van der Waals surface area (Å²) in [5.74, 6) is 6.23. The number of hydrogen-bond donors (Lipinski definition) is 1. The Hall–Kier alpha value is -2.13. The first-order chi connectivity index (χ1) is 11.0. The lowest BCUT2D eigenvalue weighted by Crippen LogP contribution is -2.23. The molecular weight excluding hydrogens is 384 g/mol. The lowest BCUT2D eigenvalue weighted by Gasteiger charge is -2.12. The van der Waals surface area contributed by atoms with Crippen LogP contribution in [0.25, 0.3) is 11.4 Å². The molecular formula is C14H11BrN4O3S. The van der Waals surface area contributed by atoms with Crippen LogP contribution in [0.15, 0.2) is 45.7 Å².